The van der Waals surface area contributed by atoms with Crippen LogP contribution in [0.3, 0.4) is 0 Å². The first-order valence-corrected chi connectivity index (χ1v) is 4.29. The molecule has 56 valence electrons. The van der Waals surface area contributed by atoms with E-state index >= 15 is 0 Å². The van der Waals surface area contributed by atoms with Crippen LogP contribution in [0.4, 0.5) is 0 Å². The molecule has 0 aliphatic heterocycles. The van der Waals surface area contributed by atoms with Gasteiger partial charge in [-0.1, -0.05) is 22.6 Å². The zero-order valence-electron chi connectivity index (χ0n) is 5.69. The Kier molecular flexibility index (Phi) is 5.70. The molecule has 5 heteroatoms. The molecule has 0 rings (SSSR count). The van der Waals surface area contributed by atoms with E-state index in [1.54, 1.807) is 0 Å². The summed E-state index contributed by atoms with van der Waals surface area (Å²) in [4.78, 5) is 0. The standard InChI is InChI=1S/C4H13IN4/c1-4(2)9(6)8-7-3-5/h4,7-8H,3,6H2,1-2H3. The maximum absolute atomic E-state index is 5.46. The second kappa shape index (κ2) is 5.36. The molecular weight excluding hydrogens is 231 g/mol. The van der Waals surface area contributed by atoms with Crippen LogP contribution in [0.15, 0.2) is 0 Å². The fourth-order valence-corrected chi connectivity index (χ4v) is 0.421. The molecule has 0 atom stereocenters. The number of nitrogens with one attached hydrogen (secondary N) is 2. The van der Waals surface area contributed by atoms with E-state index in [9.17, 15) is 0 Å². The van der Waals surface area contributed by atoms with Crippen molar-refractivity contribution in [3.05, 3.63) is 0 Å². The summed E-state index contributed by atoms with van der Waals surface area (Å²) in [5.74, 6) is 5.46. The van der Waals surface area contributed by atoms with Crippen molar-refractivity contribution >= 4 is 22.6 Å². The van der Waals surface area contributed by atoms with Gasteiger partial charge in [-0.25, -0.2) is 5.43 Å². The predicted molar refractivity (Wildman–Crippen MR) is 46.3 cm³/mol. The van der Waals surface area contributed by atoms with Gasteiger partial charge >= 0.3 is 0 Å². The average molecular weight is 244 g/mol. The highest BCUT2D eigenvalue weighted by molar-refractivity contribution is 14.1. The van der Waals surface area contributed by atoms with Crippen molar-refractivity contribution in [3.63, 3.8) is 0 Å². The second-order valence-electron chi connectivity index (χ2n) is 1.92. The molecule has 4 nitrogen and oxygen atoms in total. The monoisotopic (exact) mass is 244 g/mol. The lowest BCUT2D eigenvalue weighted by atomic mass is 10.4. The highest BCUT2D eigenvalue weighted by Gasteiger charge is 1.99. The highest BCUT2D eigenvalue weighted by atomic mass is 127. The van der Waals surface area contributed by atoms with Crippen molar-refractivity contribution in [2.75, 3.05) is 4.55 Å². The van der Waals surface area contributed by atoms with Crippen LogP contribution >= 0.6 is 22.6 Å². The van der Waals surface area contributed by atoms with Crippen molar-refractivity contribution in [2.45, 2.75) is 19.9 Å². The molecule has 0 spiro atoms. The van der Waals surface area contributed by atoms with Gasteiger partial charge in [0.25, 0.3) is 0 Å². The normalized spacial score (nSPS) is 11.3. The van der Waals surface area contributed by atoms with Crippen molar-refractivity contribution in [2.24, 2.45) is 5.84 Å². The van der Waals surface area contributed by atoms with Gasteiger partial charge in [0.2, 0.25) is 0 Å². The molecule has 0 heterocycles. The Morgan fingerprint density at radius 3 is 2.56 bits per heavy atom. The molecule has 0 fully saturated rings. The number of hydrazine groups is 3. The van der Waals surface area contributed by atoms with Crippen LogP contribution in [0.5, 0.6) is 0 Å². The molecule has 4 N–H and O–H groups in total. The molecule has 0 unspecified atom stereocenters. The molecule has 0 saturated heterocycles. The third-order valence-electron chi connectivity index (χ3n) is 0.831. The zero-order chi connectivity index (χ0) is 7.28. The number of hydrogen-bond donors (Lipinski definition) is 3. The minimum atomic E-state index is 0.306. The van der Waals surface area contributed by atoms with E-state index in [2.05, 4.69) is 33.6 Å². The Morgan fingerprint density at radius 2 is 2.22 bits per heavy atom. The van der Waals surface area contributed by atoms with Gasteiger partial charge in [0.1, 0.15) is 0 Å². The van der Waals surface area contributed by atoms with Gasteiger partial charge in [0, 0.05) is 6.04 Å². The molecule has 9 heavy (non-hydrogen) atoms. The second-order valence-corrected chi connectivity index (χ2v) is 2.69. The predicted octanol–water partition coefficient (Wildman–Crippen LogP) is -0.0278. The van der Waals surface area contributed by atoms with Gasteiger partial charge in [-0.05, 0) is 13.8 Å². The molecular formula is C4H13IN4. The molecule has 0 aliphatic carbocycles. The van der Waals surface area contributed by atoms with Crippen LogP contribution < -0.4 is 16.8 Å². The molecule has 0 aromatic carbocycles. The molecule has 0 amide bonds. The largest absolute Gasteiger partial charge is 0.254 e. The Hall–Kier alpha value is 0.570. The fourth-order valence-electron chi connectivity index (χ4n) is 0.250. The Labute approximate surface area is 69.2 Å². The Bertz CT molecular complexity index is 67.6. The first-order chi connectivity index (χ1) is 4.18. The number of hydrogen-bond acceptors (Lipinski definition) is 4. The van der Waals surface area contributed by atoms with E-state index in [0.29, 0.717) is 6.04 Å². The Balaban J connectivity index is 3.16. The topological polar surface area (TPSA) is 53.3 Å². The van der Waals surface area contributed by atoms with Crippen LogP contribution in [-0.4, -0.2) is 15.7 Å². The van der Waals surface area contributed by atoms with E-state index in [-0.39, 0.29) is 0 Å². The lowest BCUT2D eigenvalue weighted by molar-refractivity contribution is 0.120. The number of alkyl halides is 1. The molecule has 0 aromatic heterocycles. The summed E-state index contributed by atoms with van der Waals surface area (Å²) in [5.41, 5.74) is 5.65. The van der Waals surface area contributed by atoms with Gasteiger partial charge in [-0.3, -0.25) is 5.84 Å². The van der Waals surface area contributed by atoms with Gasteiger partial charge in [0.15, 0.2) is 0 Å². The average Bonchev–Trinajstić information content (AvgIpc) is 1.82. The Morgan fingerprint density at radius 1 is 1.67 bits per heavy atom. The third-order valence-corrected chi connectivity index (χ3v) is 1.21. The van der Waals surface area contributed by atoms with E-state index in [4.69, 9.17) is 5.84 Å². The van der Waals surface area contributed by atoms with Crippen molar-refractivity contribution < 1.29 is 0 Å². The highest BCUT2D eigenvalue weighted by Crippen LogP contribution is 1.81. The summed E-state index contributed by atoms with van der Waals surface area (Å²) in [5, 5.41) is 1.51. The summed E-state index contributed by atoms with van der Waals surface area (Å²) in [6.07, 6.45) is 0. The summed E-state index contributed by atoms with van der Waals surface area (Å²) in [6, 6.07) is 0.306. The van der Waals surface area contributed by atoms with Gasteiger partial charge < -0.3 is 0 Å². The first kappa shape index (κ1) is 9.57. The van der Waals surface area contributed by atoms with Crippen molar-refractivity contribution in [1.29, 1.82) is 0 Å². The van der Waals surface area contributed by atoms with E-state index in [1.807, 2.05) is 13.8 Å². The van der Waals surface area contributed by atoms with Gasteiger partial charge in [-0.2, -0.15) is 10.7 Å². The summed E-state index contributed by atoms with van der Waals surface area (Å²) in [6.45, 7) is 4.00. The van der Waals surface area contributed by atoms with E-state index < -0.39 is 0 Å². The fraction of sp³-hybridized carbons (Fsp3) is 1.00. The van der Waals surface area contributed by atoms with Gasteiger partial charge in [-0.15, -0.1) is 0 Å². The van der Waals surface area contributed by atoms with Crippen LogP contribution in [0.25, 0.3) is 0 Å². The van der Waals surface area contributed by atoms with Crippen LogP contribution in [0.1, 0.15) is 13.8 Å². The quantitative estimate of drug-likeness (QED) is 0.214. The molecule has 0 saturated carbocycles. The minimum Gasteiger partial charge on any atom is -0.254 e. The molecule has 0 aliphatic rings. The number of nitrogens with zero attached hydrogens (tertiary/aromatic N) is 1. The van der Waals surface area contributed by atoms with Crippen LogP contribution in [-0.2, 0) is 0 Å². The third kappa shape index (κ3) is 5.04. The summed E-state index contributed by atoms with van der Waals surface area (Å²) in [7, 11) is 0. The minimum absolute atomic E-state index is 0.306. The first-order valence-electron chi connectivity index (χ1n) is 2.77. The van der Waals surface area contributed by atoms with Crippen LogP contribution in [0, 0.1) is 0 Å². The van der Waals surface area contributed by atoms with E-state index in [1.165, 1.54) is 5.12 Å². The van der Waals surface area contributed by atoms with Crippen molar-refractivity contribution in [1.82, 2.24) is 16.1 Å². The molecule has 0 radical (unpaired) electrons. The zero-order valence-corrected chi connectivity index (χ0v) is 7.84. The van der Waals surface area contributed by atoms with Crippen LogP contribution in [0.2, 0.25) is 0 Å². The van der Waals surface area contributed by atoms with Gasteiger partial charge in [0.05, 0.1) is 4.55 Å². The maximum atomic E-state index is 5.46. The number of nitrogens with two attached hydrogens (primary N) is 1. The number of halogens is 1. The summed E-state index contributed by atoms with van der Waals surface area (Å²) >= 11 is 2.19. The van der Waals surface area contributed by atoms with Crippen molar-refractivity contribution in [3.8, 4) is 0 Å². The van der Waals surface area contributed by atoms with E-state index in [0.717, 1.165) is 4.55 Å². The maximum Gasteiger partial charge on any atom is 0.0632 e. The molecule has 0 bridgehead atoms. The number of rotatable bonds is 4. The lowest BCUT2D eigenvalue weighted by Gasteiger charge is -2.20. The molecule has 0 aromatic rings. The summed E-state index contributed by atoms with van der Waals surface area (Å²) < 4.78 is 0.832. The lowest BCUT2D eigenvalue weighted by Crippen LogP contribution is -2.54. The smallest absolute Gasteiger partial charge is 0.0632 e. The SMILES string of the molecule is CC(C)N(N)NNCI.